The number of nitrogens with zero attached hydrogens (tertiary/aromatic N) is 2. The van der Waals surface area contributed by atoms with Gasteiger partial charge < -0.3 is 10.5 Å². The van der Waals surface area contributed by atoms with Gasteiger partial charge in [0.2, 0.25) is 0 Å². The number of halogens is 3. The molecular weight excluding hydrogens is 259 g/mol. The van der Waals surface area contributed by atoms with Crippen LogP contribution >= 0.6 is 0 Å². The van der Waals surface area contributed by atoms with Gasteiger partial charge in [-0.15, -0.1) is 0 Å². The quantitative estimate of drug-likeness (QED) is 0.930. The SMILES string of the molecule is NCc1ccc(Oc2ncccn2)c(C(F)(F)F)c1. The highest BCUT2D eigenvalue weighted by Crippen LogP contribution is 2.38. The zero-order chi connectivity index (χ0) is 13.9. The summed E-state index contributed by atoms with van der Waals surface area (Å²) in [6.45, 7) is 0.0190. The molecule has 0 bridgehead atoms. The Bertz CT molecular complexity index is 558. The molecule has 2 rings (SSSR count). The predicted octanol–water partition coefficient (Wildman–Crippen LogP) is 2.75. The van der Waals surface area contributed by atoms with Crippen molar-refractivity contribution in [1.29, 1.82) is 0 Å². The molecule has 0 atom stereocenters. The fraction of sp³-hybridized carbons (Fsp3) is 0.167. The number of hydrogen-bond acceptors (Lipinski definition) is 4. The molecule has 1 aromatic heterocycles. The van der Waals surface area contributed by atoms with Crippen LogP contribution in [0.15, 0.2) is 36.7 Å². The molecule has 1 aromatic carbocycles. The number of hydrogen-bond donors (Lipinski definition) is 1. The number of alkyl halides is 3. The molecule has 0 unspecified atom stereocenters. The van der Waals surface area contributed by atoms with Crippen molar-refractivity contribution in [1.82, 2.24) is 9.97 Å². The predicted molar refractivity (Wildman–Crippen MR) is 61.4 cm³/mol. The average molecular weight is 269 g/mol. The molecule has 2 N–H and O–H groups in total. The van der Waals surface area contributed by atoms with Crippen LogP contribution in [-0.4, -0.2) is 9.97 Å². The molecule has 4 nitrogen and oxygen atoms in total. The minimum Gasteiger partial charge on any atom is -0.424 e. The van der Waals surface area contributed by atoms with Crippen molar-refractivity contribution in [2.45, 2.75) is 12.7 Å². The van der Waals surface area contributed by atoms with Crippen LogP contribution in [0.3, 0.4) is 0 Å². The lowest BCUT2D eigenvalue weighted by molar-refractivity contribution is -0.138. The van der Waals surface area contributed by atoms with Gasteiger partial charge >= 0.3 is 12.2 Å². The van der Waals surface area contributed by atoms with Crippen LogP contribution in [0.5, 0.6) is 11.8 Å². The Labute approximate surface area is 107 Å². The Kier molecular flexibility index (Phi) is 3.66. The van der Waals surface area contributed by atoms with Gasteiger partial charge in [-0.25, -0.2) is 9.97 Å². The summed E-state index contributed by atoms with van der Waals surface area (Å²) in [6, 6.07) is 5.02. The van der Waals surface area contributed by atoms with E-state index >= 15 is 0 Å². The van der Waals surface area contributed by atoms with Crippen molar-refractivity contribution in [3.63, 3.8) is 0 Å². The van der Waals surface area contributed by atoms with E-state index in [1.807, 2.05) is 0 Å². The summed E-state index contributed by atoms with van der Waals surface area (Å²) in [5.41, 5.74) is 4.80. The third kappa shape index (κ3) is 3.19. The standard InChI is InChI=1S/C12H10F3N3O/c13-12(14,15)9-6-8(7-16)2-3-10(9)19-11-17-4-1-5-18-11/h1-6H,7,16H2. The summed E-state index contributed by atoms with van der Waals surface area (Å²) in [4.78, 5) is 7.43. The molecule has 0 fully saturated rings. The molecule has 100 valence electrons. The highest BCUT2D eigenvalue weighted by Gasteiger charge is 2.35. The molecule has 0 aliphatic carbocycles. The molecule has 2 aromatic rings. The highest BCUT2D eigenvalue weighted by molar-refractivity contribution is 5.40. The van der Waals surface area contributed by atoms with Crippen LogP contribution in [0, 0.1) is 0 Å². The van der Waals surface area contributed by atoms with Crippen LogP contribution in [0.2, 0.25) is 0 Å². The number of nitrogens with two attached hydrogens (primary N) is 1. The van der Waals surface area contributed by atoms with Gasteiger partial charge in [-0.2, -0.15) is 13.2 Å². The van der Waals surface area contributed by atoms with Crippen molar-refractivity contribution in [3.05, 3.63) is 47.8 Å². The normalized spacial score (nSPS) is 11.4. The molecular formula is C12H10F3N3O. The van der Waals surface area contributed by atoms with Crippen LogP contribution in [-0.2, 0) is 12.7 Å². The molecule has 0 spiro atoms. The maximum absolute atomic E-state index is 12.9. The number of aromatic nitrogens is 2. The van der Waals surface area contributed by atoms with Crippen molar-refractivity contribution in [2.75, 3.05) is 0 Å². The Morgan fingerprint density at radius 3 is 2.42 bits per heavy atom. The topological polar surface area (TPSA) is 61.0 Å². The third-order valence-corrected chi connectivity index (χ3v) is 2.33. The Morgan fingerprint density at radius 2 is 1.84 bits per heavy atom. The van der Waals surface area contributed by atoms with E-state index in [9.17, 15) is 13.2 Å². The molecule has 0 saturated heterocycles. The van der Waals surface area contributed by atoms with Crippen molar-refractivity contribution < 1.29 is 17.9 Å². The smallest absolute Gasteiger partial charge is 0.419 e. The summed E-state index contributed by atoms with van der Waals surface area (Å²) in [7, 11) is 0. The van der Waals surface area contributed by atoms with Gasteiger partial charge in [0.05, 0.1) is 5.56 Å². The first-order valence-corrected chi connectivity index (χ1v) is 5.36. The van der Waals surface area contributed by atoms with Gasteiger partial charge in [-0.05, 0) is 23.8 Å². The van der Waals surface area contributed by atoms with Crippen LogP contribution in [0.4, 0.5) is 13.2 Å². The molecule has 0 amide bonds. The summed E-state index contributed by atoms with van der Waals surface area (Å²) < 4.78 is 43.8. The van der Waals surface area contributed by atoms with Gasteiger partial charge in [0, 0.05) is 18.9 Å². The first-order valence-electron chi connectivity index (χ1n) is 5.36. The Balaban J connectivity index is 2.40. The Morgan fingerprint density at radius 1 is 1.16 bits per heavy atom. The van der Waals surface area contributed by atoms with E-state index in [0.717, 1.165) is 6.07 Å². The van der Waals surface area contributed by atoms with Crippen molar-refractivity contribution >= 4 is 0 Å². The molecule has 0 aliphatic rings. The van der Waals surface area contributed by atoms with E-state index in [1.165, 1.54) is 30.6 Å². The van der Waals surface area contributed by atoms with E-state index in [2.05, 4.69) is 9.97 Å². The largest absolute Gasteiger partial charge is 0.424 e. The number of ether oxygens (including phenoxy) is 1. The lowest BCUT2D eigenvalue weighted by atomic mass is 10.1. The monoisotopic (exact) mass is 269 g/mol. The molecule has 19 heavy (non-hydrogen) atoms. The second kappa shape index (κ2) is 5.23. The summed E-state index contributed by atoms with van der Waals surface area (Å²) in [5, 5.41) is 0. The minimum absolute atomic E-state index is 0.0190. The average Bonchev–Trinajstić information content (AvgIpc) is 2.39. The fourth-order valence-electron chi connectivity index (χ4n) is 1.45. The molecule has 7 heteroatoms. The lowest BCUT2D eigenvalue weighted by Gasteiger charge is -2.13. The third-order valence-electron chi connectivity index (χ3n) is 2.33. The van der Waals surface area contributed by atoms with E-state index in [0.29, 0.717) is 5.56 Å². The first-order chi connectivity index (χ1) is 9.00. The zero-order valence-corrected chi connectivity index (χ0v) is 9.69. The van der Waals surface area contributed by atoms with E-state index in [-0.39, 0.29) is 18.3 Å². The van der Waals surface area contributed by atoms with Gasteiger partial charge in [0.15, 0.2) is 0 Å². The highest BCUT2D eigenvalue weighted by atomic mass is 19.4. The van der Waals surface area contributed by atoms with Gasteiger partial charge in [-0.1, -0.05) is 6.07 Å². The molecule has 0 aliphatic heterocycles. The molecule has 1 heterocycles. The van der Waals surface area contributed by atoms with Gasteiger partial charge in [0.25, 0.3) is 0 Å². The lowest BCUT2D eigenvalue weighted by Crippen LogP contribution is -2.09. The summed E-state index contributed by atoms with van der Waals surface area (Å²) in [6.07, 6.45) is -1.77. The van der Waals surface area contributed by atoms with Crippen LogP contribution < -0.4 is 10.5 Å². The van der Waals surface area contributed by atoms with E-state index in [1.54, 1.807) is 0 Å². The van der Waals surface area contributed by atoms with E-state index < -0.39 is 11.7 Å². The Hall–Kier alpha value is -2.15. The van der Waals surface area contributed by atoms with Crippen LogP contribution in [0.1, 0.15) is 11.1 Å². The van der Waals surface area contributed by atoms with Crippen LogP contribution in [0.25, 0.3) is 0 Å². The second-order valence-corrected chi connectivity index (χ2v) is 3.67. The number of rotatable bonds is 3. The minimum atomic E-state index is -4.53. The van der Waals surface area contributed by atoms with E-state index in [4.69, 9.17) is 10.5 Å². The van der Waals surface area contributed by atoms with Crippen molar-refractivity contribution in [2.24, 2.45) is 5.73 Å². The second-order valence-electron chi connectivity index (χ2n) is 3.67. The summed E-state index contributed by atoms with van der Waals surface area (Å²) in [5.74, 6) is -0.351. The zero-order valence-electron chi connectivity index (χ0n) is 9.69. The number of benzene rings is 1. The summed E-state index contributed by atoms with van der Waals surface area (Å²) >= 11 is 0. The fourth-order valence-corrected chi connectivity index (χ4v) is 1.45. The first kappa shape index (κ1) is 13.3. The maximum atomic E-state index is 12.9. The van der Waals surface area contributed by atoms with Crippen molar-refractivity contribution in [3.8, 4) is 11.8 Å². The van der Waals surface area contributed by atoms with Gasteiger partial charge in [-0.3, -0.25) is 0 Å². The maximum Gasteiger partial charge on any atom is 0.419 e. The molecule has 0 saturated carbocycles. The van der Waals surface area contributed by atoms with Gasteiger partial charge in [0.1, 0.15) is 5.75 Å². The molecule has 0 radical (unpaired) electrons.